The number of hydrogen-bond donors (Lipinski definition) is 3. The zero-order valence-electron chi connectivity index (χ0n) is 11.5. The maximum Gasteiger partial charge on any atom is 0.478 e. The summed E-state index contributed by atoms with van der Waals surface area (Å²) < 4.78 is 5.17. The van der Waals surface area contributed by atoms with Gasteiger partial charge in [0.1, 0.15) is 0 Å². The SMILES string of the molecule is O=NC(C(=O)NC1CCC(CC(=O)O)OB1O)c1cccs1. The van der Waals surface area contributed by atoms with E-state index in [1.54, 1.807) is 17.5 Å². The lowest BCUT2D eigenvalue weighted by Crippen LogP contribution is -2.53. The number of nitrogens with one attached hydrogen (secondary N) is 1. The van der Waals surface area contributed by atoms with E-state index < -0.39 is 37.1 Å². The second-order valence-corrected chi connectivity index (χ2v) is 5.94. The van der Waals surface area contributed by atoms with Gasteiger partial charge in [-0.1, -0.05) is 11.2 Å². The molecule has 0 spiro atoms. The number of nitroso groups, excluding NO2 is 1. The molecule has 1 aromatic rings. The number of aliphatic carboxylic acids is 1. The molecule has 3 N–H and O–H groups in total. The fourth-order valence-electron chi connectivity index (χ4n) is 2.29. The van der Waals surface area contributed by atoms with Crippen molar-refractivity contribution in [1.82, 2.24) is 5.32 Å². The van der Waals surface area contributed by atoms with Crippen molar-refractivity contribution in [3.05, 3.63) is 27.3 Å². The van der Waals surface area contributed by atoms with E-state index in [1.807, 2.05) is 0 Å². The molecule has 10 heteroatoms. The Balaban J connectivity index is 1.92. The Morgan fingerprint density at radius 3 is 2.86 bits per heavy atom. The summed E-state index contributed by atoms with van der Waals surface area (Å²) in [5.74, 6) is -2.31. The van der Waals surface area contributed by atoms with Gasteiger partial charge in [-0.05, 0) is 24.3 Å². The lowest BCUT2D eigenvalue weighted by Gasteiger charge is -2.31. The minimum absolute atomic E-state index is 0.203. The quantitative estimate of drug-likeness (QED) is 0.522. The minimum atomic E-state index is -1.31. The monoisotopic (exact) mass is 326 g/mol. The Morgan fingerprint density at radius 2 is 2.32 bits per heavy atom. The molecule has 1 saturated heterocycles. The smallest absolute Gasteiger partial charge is 0.478 e. The molecule has 3 unspecified atom stereocenters. The number of amides is 1. The summed E-state index contributed by atoms with van der Waals surface area (Å²) in [6.07, 6.45) is -0.0309. The number of nitrogens with zero attached hydrogens (tertiary/aromatic N) is 1. The van der Waals surface area contributed by atoms with Crippen molar-refractivity contribution in [1.29, 1.82) is 0 Å². The van der Waals surface area contributed by atoms with E-state index in [0.29, 0.717) is 17.7 Å². The highest BCUT2D eigenvalue weighted by atomic mass is 32.1. The highest BCUT2D eigenvalue weighted by Gasteiger charge is 2.38. The minimum Gasteiger partial charge on any atom is -0.481 e. The molecule has 1 aliphatic heterocycles. The number of carboxylic acid groups (broad SMARTS) is 1. The molecule has 0 saturated carbocycles. The first-order valence-electron chi connectivity index (χ1n) is 6.73. The second-order valence-electron chi connectivity index (χ2n) is 4.96. The number of carboxylic acids is 1. The number of carbonyl (C=O) groups excluding carboxylic acids is 1. The molecule has 1 fully saturated rings. The van der Waals surface area contributed by atoms with E-state index in [-0.39, 0.29) is 6.42 Å². The molecule has 0 aliphatic carbocycles. The van der Waals surface area contributed by atoms with Gasteiger partial charge in [-0.3, -0.25) is 9.59 Å². The molecule has 0 radical (unpaired) electrons. The Kier molecular flexibility index (Phi) is 5.64. The van der Waals surface area contributed by atoms with Crippen LogP contribution in [0.1, 0.15) is 30.2 Å². The van der Waals surface area contributed by atoms with E-state index >= 15 is 0 Å². The molecule has 1 aromatic heterocycles. The van der Waals surface area contributed by atoms with Crippen LogP contribution < -0.4 is 5.32 Å². The van der Waals surface area contributed by atoms with Crippen molar-refractivity contribution in [3.63, 3.8) is 0 Å². The summed E-state index contributed by atoms with van der Waals surface area (Å²) in [5, 5.41) is 25.6. The van der Waals surface area contributed by atoms with Gasteiger partial charge in [0, 0.05) is 4.88 Å². The van der Waals surface area contributed by atoms with Gasteiger partial charge < -0.3 is 20.1 Å². The summed E-state index contributed by atoms with van der Waals surface area (Å²) >= 11 is 1.24. The Hall–Kier alpha value is -1.78. The van der Waals surface area contributed by atoms with Gasteiger partial charge in [0.2, 0.25) is 6.04 Å². The molecule has 1 aliphatic rings. The first-order chi connectivity index (χ1) is 10.5. The first kappa shape index (κ1) is 16.6. The number of carbonyl (C=O) groups is 2. The number of hydrogen-bond acceptors (Lipinski definition) is 7. The number of rotatable bonds is 6. The van der Waals surface area contributed by atoms with Gasteiger partial charge in [-0.15, -0.1) is 16.2 Å². The molecule has 3 atom stereocenters. The molecular weight excluding hydrogens is 311 g/mol. The lowest BCUT2D eigenvalue weighted by molar-refractivity contribution is -0.139. The van der Waals surface area contributed by atoms with Crippen LogP contribution in [-0.2, 0) is 14.2 Å². The highest BCUT2D eigenvalue weighted by molar-refractivity contribution is 7.10. The summed E-state index contributed by atoms with van der Waals surface area (Å²) in [5.41, 5.74) is 0. The molecule has 1 amide bonds. The largest absolute Gasteiger partial charge is 0.481 e. The van der Waals surface area contributed by atoms with E-state index in [2.05, 4.69) is 10.5 Å². The van der Waals surface area contributed by atoms with Gasteiger partial charge in [-0.25, -0.2) is 0 Å². The zero-order chi connectivity index (χ0) is 16.1. The molecule has 2 rings (SSSR count). The maximum atomic E-state index is 12.1. The van der Waals surface area contributed by atoms with Crippen LogP contribution >= 0.6 is 11.3 Å². The Bertz CT molecular complexity index is 540. The van der Waals surface area contributed by atoms with Gasteiger partial charge in [0.15, 0.2) is 0 Å². The predicted molar refractivity (Wildman–Crippen MR) is 79.1 cm³/mol. The van der Waals surface area contributed by atoms with Crippen LogP contribution in [0.4, 0.5) is 0 Å². The summed E-state index contributed by atoms with van der Waals surface area (Å²) in [6.45, 7) is 0. The molecule has 0 bridgehead atoms. The maximum absolute atomic E-state index is 12.1. The Morgan fingerprint density at radius 1 is 1.55 bits per heavy atom. The fraction of sp³-hybridized carbons (Fsp3) is 0.500. The van der Waals surface area contributed by atoms with Gasteiger partial charge in [0.05, 0.1) is 18.5 Å². The summed E-state index contributed by atoms with van der Waals surface area (Å²) in [6, 6.07) is 2.18. The highest BCUT2D eigenvalue weighted by Crippen LogP contribution is 2.24. The van der Waals surface area contributed by atoms with Crippen LogP contribution in [0.3, 0.4) is 0 Å². The van der Waals surface area contributed by atoms with Crippen molar-refractivity contribution < 1.29 is 24.4 Å². The predicted octanol–water partition coefficient (Wildman–Crippen LogP) is 0.714. The molecule has 0 aromatic carbocycles. The van der Waals surface area contributed by atoms with Gasteiger partial charge in [0.25, 0.3) is 5.91 Å². The normalized spacial score (nSPS) is 22.9. The molecule has 2 heterocycles. The molecule has 118 valence electrons. The van der Waals surface area contributed by atoms with Crippen molar-refractivity contribution in [3.8, 4) is 0 Å². The molecular formula is C12H15BN2O6S. The average molecular weight is 326 g/mol. The van der Waals surface area contributed by atoms with E-state index in [4.69, 9.17) is 9.76 Å². The van der Waals surface area contributed by atoms with E-state index in [0.717, 1.165) is 0 Å². The third-order valence-corrected chi connectivity index (χ3v) is 4.30. The van der Waals surface area contributed by atoms with Gasteiger partial charge >= 0.3 is 13.1 Å². The van der Waals surface area contributed by atoms with Crippen molar-refractivity contribution in [2.45, 2.75) is 37.3 Å². The summed E-state index contributed by atoms with van der Waals surface area (Å²) in [7, 11) is -1.31. The van der Waals surface area contributed by atoms with Crippen LogP contribution in [0, 0.1) is 4.91 Å². The van der Waals surface area contributed by atoms with Crippen molar-refractivity contribution >= 4 is 30.3 Å². The van der Waals surface area contributed by atoms with Crippen LogP contribution in [-0.4, -0.2) is 41.2 Å². The van der Waals surface area contributed by atoms with Crippen LogP contribution in [0.5, 0.6) is 0 Å². The third kappa shape index (κ3) is 4.12. The standard InChI is InChI=1S/C12H15BN2O6S/c16-10(17)6-7-3-4-9(13(19)21-7)14-12(18)11(15-20)8-2-1-5-22-8/h1-2,5,7,9,11,19H,3-4,6H2,(H,14,18)(H,16,17). The van der Waals surface area contributed by atoms with Crippen LogP contribution in [0.25, 0.3) is 0 Å². The van der Waals surface area contributed by atoms with E-state index in [9.17, 15) is 19.5 Å². The summed E-state index contributed by atoms with van der Waals surface area (Å²) in [4.78, 5) is 34.1. The van der Waals surface area contributed by atoms with Crippen LogP contribution in [0.15, 0.2) is 22.7 Å². The average Bonchev–Trinajstić information content (AvgIpc) is 2.96. The topological polar surface area (TPSA) is 125 Å². The third-order valence-electron chi connectivity index (χ3n) is 3.37. The molecule has 8 nitrogen and oxygen atoms in total. The van der Waals surface area contributed by atoms with E-state index in [1.165, 1.54) is 11.3 Å². The van der Waals surface area contributed by atoms with Gasteiger partial charge in [-0.2, -0.15) is 0 Å². The first-order valence-corrected chi connectivity index (χ1v) is 7.60. The van der Waals surface area contributed by atoms with Crippen LogP contribution in [0.2, 0.25) is 0 Å². The second kappa shape index (κ2) is 7.48. The van der Waals surface area contributed by atoms with Crippen molar-refractivity contribution in [2.24, 2.45) is 5.18 Å². The Labute approximate surface area is 130 Å². The fourth-order valence-corrected chi connectivity index (χ4v) is 3.04. The number of thiophene rings is 1. The lowest BCUT2D eigenvalue weighted by atomic mass is 9.72. The van der Waals surface area contributed by atoms with Crippen molar-refractivity contribution in [2.75, 3.05) is 0 Å². The molecule has 22 heavy (non-hydrogen) atoms. The zero-order valence-corrected chi connectivity index (χ0v) is 12.4.